The van der Waals surface area contributed by atoms with E-state index in [2.05, 4.69) is 61.1 Å². The number of hydrogen-bond acceptors (Lipinski definition) is 2. The number of allylic oxidation sites excluding steroid dienone is 2. The molecule has 8 atom stereocenters. The van der Waals surface area contributed by atoms with Crippen molar-refractivity contribution < 1.29 is 9.53 Å². The van der Waals surface area contributed by atoms with Gasteiger partial charge in [0.15, 0.2) is 0 Å². The average Bonchev–Trinajstić information content (AvgIpc) is 3.14. The van der Waals surface area contributed by atoms with Crippen molar-refractivity contribution in [2.45, 2.75) is 126 Å². The van der Waals surface area contributed by atoms with Crippen LogP contribution in [0.5, 0.6) is 0 Å². The molecule has 4 rings (SSSR count). The van der Waals surface area contributed by atoms with Crippen molar-refractivity contribution in [3.8, 4) is 0 Å². The molecule has 0 heterocycles. The van der Waals surface area contributed by atoms with Gasteiger partial charge in [0.25, 0.3) is 0 Å². The lowest BCUT2D eigenvalue weighted by Gasteiger charge is -2.58. The lowest BCUT2D eigenvalue weighted by Crippen LogP contribution is -2.51. The Morgan fingerprint density at radius 1 is 1.11 bits per heavy atom. The molecule has 0 spiro atoms. The Morgan fingerprint density at radius 2 is 1.83 bits per heavy atom. The summed E-state index contributed by atoms with van der Waals surface area (Å²) in [7, 11) is 0. The van der Waals surface area contributed by atoms with Crippen molar-refractivity contribution in [2.24, 2.45) is 51.8 Å². The monoisotopic (exact) mass is 482 g/mol. The number of carbonyl (C=O) groups excluding carboxylic acids is 1. The first kappa shape index (κ1) is 27.0. The lowest BCUT2D eigenvalue weighted by atomic mass is 9.47. The number of carbonyl (C=O) groups is 1. The Morgan fingerprint density at radius 3 is 2.49 bits per heavy atom. The highest BCUT2D eigenvalue weighted by atomic mass is 16.5. The largest absolute Gasteiger partial charge is 0.462 e. The normalized spacial score (nSPS) is 39.8. The number of esters is 1. The highest BCUT2D eigenvalue weighted by molar-refractivity contribution is 5.66. The van der Waals surface area contributed by atoms with Crippen LogP contribution in [0.1, 0.15) is 120 Å². The zero-order valence-electron chi connectivity index (χ0n) is 24.2. The summed E-state index contributed by atoms with van der Waals surface area (Å²) < 4.78 is 5.64. The second-order valence-corrected chi connectivity index (χ2v) is 14.5. The molecule has 2 nitrogen and oxygen atoms in total. The van der Waals surface area contributed by atoms with Crippen LogP contribution in [0.4, 0.5) is 0 Å². The van der Waals surface area contributed by atoms with Crippen LogP contribution in [-0.2, 0) is 9.53 Å². The maximum absolute atomic E-state index is 11.5. The smallest absolute Gasteiger partial charge is 0.302 e. The van der Waals surface area contributed by atoms with Gasteiger partial charge in [-0.15, -0.1) is 0 Å². The van der Waals surface area contributed by atoms with Crippen molar-refractivity contribution >= 4 is 5.97 Å². The number of hydrogen-bond donors (Lipinski definition) is 0. The molecule has 0 aromatic carbocycles. The van der Waals surface area contributed by atoms with Gasteiger partial charge in [-0.1, -0.05) is 72.3 Å². The molecule has 0 radical (unpaired) electrons. The van der Waals surface area contributed by atoms with E-state index in [1.165, 1.54) is 56.9 Å². The van der Waals surface area contributed by atoms with Crippen molar-refractivity contribution in [3.05, 3.63) is 23.8 Å². The van der Waals surface area contributed by atoms with E-state index in [0.29, 0.717) is 16.7 Å². The third kappa shape index (κ3) is 4.82. The van der Waals surface area contributed by atoms with Gasteiger partial charge in [-0.05, 0) is 110 Å². The van der Waals surface area contributed by atoms with Crippen molar-refractivity contribution in [1.82, 2.24) is 0 Å². The number of fused-ring (bicyclic) bond motifs is 5. The van der Waals surface area contributed by atoms with E-state index < -0.39 is 0 Å². The second-order valence-electron chi connectivity index (χ2n) is 14.5. The predicted molar refractivity (Wildman–Crippen MR) is 147 cm³/mol. The van der Waals surface area contributed by atoms with Crippen LogP contribution in [0.3, 0.4) is 0 Å². The molecule has 4 aliphatic carbocycles. The van der Waals surface area contributed by atoms with Crippen LogP contribution in [0.15, 0.2) is 23.8 Å². The fourth-order valence-corrected chi connectivity index (χ4v) is 9.67. The first-order valence-electron chi connectivity index (χ1n) is 14.9. The summed E-state index contributed by atoms with van der Waals surface area (Å²) in [6.45, 7) is 23.2. The highest BCUT2D eigenvalue weighted by Crippen LogP contribution is 2.67. The zero-order chi connectivity index (χ0) is 25.8. The maximum atomic E-state index is 11.5. The Bertz CT molecular complexity index is 849. The van der Waals surface area contributed by atoms with Gasteiger partial charge in [0.1, 0.15) is 6.10 Å². The first-order chi connectivity index (χ1) is 16.3. The van der Waals surface area contributed by atoms with Gasteiger partial charge in [-0.25, -0.2) is 0 Å². The zero-order valence-corrected chi connectivity index (χ0v) is 24.2. The topological polar surface area (TPSA) is 26.3 Å². The van der Waals surface area contributed by atoms with Gasteiger partial charge in [-0.2, -0.15) is 0 Å². The van der Waals surface area contributed by atoms with Gasteiger partial charge in [0.2, 0.25) is 0 Å². The summed E-state index contributed by atoms with van der Waals surface area (Å²) in [6.07, 6.45) is 15.4. The first-order valence-corrected chi connectivity index (χ1v) is 14.9. The van der Waals surface area contributed by atoms with Crippen LogP contribution in [0.2, 0.25) is 0 Å². The van der Waals surface area contributed by atoms with Gasteiger partial charge < -0.3 is 4.74 Å². The van der Waals surface area contributed by atoms with Gasteiger partial charge in [0, 0.05) is 13.3 Å². The van der Waals surface area contributed by atoms with Gasteiger partial charge in [-0.3, -0.25) is 4.79 Å². The number of rotatable bonds is 7. The van der Waals surface area contributed by atoms with Crippen molar-refractivity contribution in [2.75, 3.05) is 0 Å². The molecular weight excluding hydrogens is 428 g/mol. The second kappa shape index (κ2) is 9.68. The molecule has 198 valence electrons. The summed E-state index contributed by atoms with van der Waals surface area (Å²) in [6, 6.07) is 0. The minimum Gasteiger partial charge on any atom is -0.462 e. The molecular formula is C33H54O2. The maximum Gasteiger partial charge on any atom is 0.302 e. The number of ether oxygens (including phenoxy) is 1. The minimum atomic E-state index is -0.121. The molecule has 0 aliphatic heterocycles. The molecule has 0 amide bonds. The molecule has 0 aromatic rings. The van der Waals surface area contributed by atoms with E-state index in [0.717, 1.165) is 42.4 Å². The van der Waals surface area contributed by atoms with E-state index >= 15 is 0 Å². The Balaban J connectivity index is 1.45. The quantitative estimate of drug-likeness (QED) is 0.267. The molecule has 2 heteroatoms. The van der Waals surface area contributed by atoms with Crippen LogP contribution in [0, 0.1) is 51.8 Å². The molecule has 3 saturated carbocycles. The van der Waals surface area contributed by atoms with Crippen LogP contribution < -0.4 is 0 Å². The molecule has 0 bridgehead atoms. The van der Waals surface area contributed by atoms with E-state index in [1.54, 1.807) is 12.5 Å². The SMILES string of the molecule is C=C(C(C)C)C(C)(C)CC[C@@H](C)[C@H]1CC[C@H]2[C@@H]3CC=C4C[C@@H](OC(C)=O)CC[C@]4(C)[C@H]3CC[C@]12C. The standard InChI is InChI=1S/C33H54O2/c1-21(2)23(4)31(6,7)17-14-22(3)28-12-13-29-27-11-10-25-20-26(35-24(5)34)15-18-32(25,8)30(27)16-19-33(28,29)9/h10,21-22,26-30H,4,11-20H2,1-3,5-9H3/t22-,26+,27+,28-,29+,30+,32+,33-/m1/s1. The van der Waals surface area contributed by atoms with Gasteiger partial charge in [0.05, 0.1) is 0 Å². The molecule has 4 aliphatic rings. The minimum absolute atomic E-state index is 0.102. The molecule has 0 saturated heterocycles. The summed E-state index contributed by atoms with van der Waals surface area (Å²) in [5.41, 5.74) is 4.10. The summed E-state index contributed by atoms with van der Waals surface area (Å²) in [4.78, 5) is 11.5. The fourth-order valence-electron chi connectivity index (χ4n) is 9.67. The molecule has 0 N–H and O–H groups in total. The van der Waals surface area contributed by atoms with Crippen molar-refractivity contribution in [3.63, 3.8) is 0 Å². The van der Waals surface area contributed by atoms with Crippen LogP contribution >= 0.6 is 0 Å². The third-order valence-electron chi connectivity index (χ3n) is 11.9. The van der Waals surface area contributed by atoms with E-state index in [1.807, 2.05) is 0 Å². The van der Waals surface area contributed by atoms with Crippen LogP contribution in [-0.4, -0.2) is 12.1 Å². The molecule has 35 heavy (non-hydrogen) atoms. The third-order valence-corrected chi connectivity index (χ3v) is 11.9. The predicted octanol–water partition coefficient (Wildman–Crippen LogP) is 9.15. The lowest BCUT2D eigenvalue weighted by molar-refractivity contribution is -0.148. The van der Waals surface area contributed by atoms with E-state index in [-0.39, 0.29) is 17.5 Å². The van der Waals surface area contributed by atoms with Gasteiger partial charge >= 0.3 is 5.97 Å². The van der Waals surface area contributed by atoms with Crippen LogP contribution in [0.25, 0.3) is 0 Å². The molecule has 0 aromatic heterocycles. The molecule has 0 unspecified atom stereocenters. The average molecular weight is 483 g/mol. The summed E-state index contributed by atoms with van der Waals surface area (Å²) >= 11 is 0. The fraction of sp³-hybridized carbons (Fsp3) is 0.848. The molecule has 3 fully saturated rings. The Labute approximate surface area is 216 Å². The Kier molecular flexibility index (Phi) is 7.47. The highest BCUT2D eigenvalue weighted by Gasteiger charge is 2.59. The Hall–Kier alpha value is -1.05. The summed E-state index contributed by atoms with van der Waals surface area (Å²) in [5, 5.41) is 0. The van der Waals surface area contributed by atoms with Crippen molar-refractivity contribution in [1.29, 1.82) is 0 Å². The van der Waals surface area contributed by atoms with E-state index in [9.17, 15) is 4.79 Å². The summed E-state index contributed by atoms with van der Waals surface area (Å²) in [5.74, 6) is 4.67. The van der Waals surface area contributed by atoms with E-state index in [4.69, 9.17) is 4.74 Å².